The molecule has 2 heterocycles. The van der Waals surface area contributed by atoms with Crippen molar-refractivity contribution in [1.82, 2.24) is 15.1 Å². The van der Waals surface area contributed by atoms with Crippen LogP contribution in [-0.2, 0) is 13.0 Å². The molecule has 0 fully saturated rings. The molecule has 1 unspecified atom stereocenters. The highest BCUT2D eigenvalue weighted by molar-refractivity contribution is 7.12. The zero-order valence-electron chi connectivity index (χ0n) is 12.9. The highest BCUT2D eigenvalue weighted by Crippen LogP contribution is 2.23. The van der Waals surface area contributed by atoms with Crippen LogP contribution in [0.2, 0.25) is 0 Å². The number of aryl methyl sites for hydroxylation is 4. The van der Waals surface area contributed by atoms with Gasteiger partial charge >= 0.3 is 0 Å². The van der Waals surface area contributed by atoms with Crippen molar-refractivity contribution in [1.29, 1.82) is 0 Å². The van der Waals surface area contributed by atoms with Gasteiger partial charge in [-0.25, -0.2) is 0 Å². The van der Waals surface area contributed by atoms with Gasteiger partial charge in [0.2, 0.25) is 0 Å². The molecule has 2 rings (SSSR count). The van der Waals surface area contributed by atoms with Crippen LogP contribution in [0.5, 0.6) is 0 Å². The van der Waals surface area contributed by atoms with Crippen LogP contribution in [0.15, 0.2) is 18.2 Å². The van der Waals surface area contributed by atoms with E-state index >= 15 is 0 Å². The van der Waals surface area contributed by atoms with Crippen LogP contribution in [-0.4, -0.2) is 16.3 Å². The molecule has 3 nitrogen and oxygen atoms in total. The molecule has 0 radical (unpaired) electrons. The Morgan fingerprint density at radius 1 is 1.35 bits per heavy atom. The van der Waals surface area contributed by atoms with Crippen LogP contribution < -0.4 is 5.32 Å². The normalized spacial score (nSPS) is 12.8. The van der Waals surface area contributed by atoms with Gasteiger partial charge in [0.1, 0.15) is 0 Å². The molecule has 0 aliphatic carbocycles. The summed E-state index contributed by atoms with van der Waals surface area (Å²) in [6.45, 7) is 10.6. The van der Waals surface area contributed by atoms with Crippen LogP contribution in [0, 0.1) is 13.8 Å². The van der Waals surface area contributed by atoms with Gasteiger partial charge < -0.3 is 5.32 Å². The van der Waals surface area contributed by atoms with Gasteiger partial charge in [0.05, 0.1) is 5.69 Å². The first-order valence-electron chi connectivity index (χ1n) is 7.43. The molecular formula is C16H25N3S. The van der Waals surface area contributed by atoms with Crippen molar-refractivity contribution in [3.63, 3.8) is 0 Å². The second-order valence-corrected chi connectivity index (χ2v) is 6.54. The van der Waals surface area contributed by atoms with Gasteiger partial charge in [-0.15, -0.1) is 11.3 Å². The van der Waals surface area contributed by atoms with Gasteiger partial charge in [0.25, 0.3) is 0 Å². The second kappa shape index (κ2) is 7.04. The molecule has 1 N–H and O–H groups in total. The number of hydrogen-bond donors (Lipinski definition) is 1. The molecule has 4 heteroatoms. The number of thiophene rings is 1. The number of nitrogens with zero attached hydrogens (tertiary/aromatic N) is 2. The standard InChI is InChI=1S/C16H25N3S/c1-5-15-7-8-16(20-15)14(4)17-9-6-10-19-13(3)11-12(2)18-19/h7-8,11,14,17H,5-6,9-10H2,1-4H3. The number of nitrogens with one attached hydrogen (secondary N) is 1. The summed E-state index contributed by atoms with van der Waals surface area (Å²) in [5.41, 5.74) is 2.36. The van der Waals surface area contributed by atoms with Gasteiger partial charge in [-0.2, -0.15) is 5.10 Å². The quantitative estimate of drug-likeness (QED) is 0.785. The van der Waals surface area contributed by atoms with E-state index in [1.54, 1.807) is 0 Å². The molecule has 0 aliphatic rings. The topological polar surface area (TPSA) is 29.9 Å². The van der Waals surface area contributed by atoms with Crippen molar-refractivity contribution < 1.29 is 0 Å². The van der Waals surface area contributed by atoms with Crippen LogP contribution in [0.1, 0.15) is 47.5 Å². The molecule has 1 atom stereocenters. The Bertz CT molecular complexity index is 542. The van der Waals surface area contributed by atoms with Crippen molar-refractivity contribution in [3.8, 4) is 0 Å². The predicted octanol–water partition coefficient (Wildman–Crippen LogP) is 3.86. The Hall–Kier alpha value is -1.13. The summed E-state index contributed by atoms with van der Waals surface area (Å²) < 4.78 is 2.10. The van der Waals surface area contributed by atoms with E-state index in [0.29, 0.717) is 6.04 Å². The van der Waals surface area contributed by atoms with Crippen LogP contribution in [0.3, 0.4) is 0 Å². The van der Waals surface area contributed by atoms with E-state index in [9.17, 15) is 0 Å². The Kier molecular flexibility index (Phi) is 5.38. The fraction of sp³-hybridized carbons (Fsp3) is 0.562. The lowest BCUT2D eigenvalue weighted by Crippen LogP contribution is -2.20. The SMILES string of the molecule is CCc1ccc(C(C)NCCCn2nc(C)cc2C)s1. The fourth-order valence-electron chi connectivity index (χ4n) is 2.37. The molecule has 0 amide bonds. The fourth-order valence-corrected chi connectivity index (χ4v) is 3.35. The maximum absolute atomic E-state index is 4.49. The highest BCUT2D eigenvalue weighted by atomic mass is 32.1. The monoisotopic (exact) mass is 291 g/mol. The summed E-state index contributed by atoms with van der Waals surface area (Å²) in [5, 5.41) is 8.09. The first-order chi connectivity index (χ1) is 9.60. The minimum atomic E-state index is 0.445. The van der Waals surface area contributed by atoms with Crippen LogP contribution >= 0.6 is 11.3 Å². The van der Waals surface area contributed by atoms with E-state index in [4.69, 9.17) is 0 Å². The average Bonchev–Trinajstić information content (AvgIpc) is 3.01. The van der Waals surface area contributed by atoms with Gasteiger partial charge in [0.15, 0.2) is 0 Å². The number of aromatic nitrogens is 2. The van der Waals surface area contributed by atoms with E-state index in [1.807, 2.05) is 18.3 Å². The van der Waals surface area contributed by atoms with Gasteiger partial charge in [0, 0.05) is 28.0 Å². The minimum Gasteiger partial charge on any atom is -0.309 e. The third kappa shape index (κ3) is 3.93. The zero-order valence-corrected chi connectivity index (χ0v) is 13.8. The number of rotatable bonds is 7. The molecule has 0 aliphatic heterocycles. The third-order valence-electron chi connectivity index (χ3n) is 3.56. The van der Waals surface area contributed by atoms with Crippen molar-refractivity contribution >= 4 is 11.3 Å². The van der Waals surface area contributed by atoms with E-state index in [2.05, 4.69) is 54.1 Å². The lowest BCUT2D eigenvalue weighted by atomic mass is 10.2. The van der Waals surface area contributed by atoms with E-state index in [0.717, 1.165) is 31.6 Å². The van der Waals surface area contributed by atoms with Gasteiger partial charge in [-0.3, -0.25) is 4.68 Å². The molecule has 2 aromatic rings. The first kappa shape index (κ1) is 15.3. The smallest absolute Gasteiger partial charge is 0.0596 e. The molecule has 0 spiro atoms. The summed E-state index contributed by atoms with van der Waals surface area (Å²) in [4.78, 5) is 2.91. The van der Waals surface area contributed by atoms with Crippen LogP contribution in [0.4, 0.5) is 0 Å². The first-order valence-corrected chi connectivity index (χ1v) is 8.25. The molecule has 0 bridgehead atoms. The van der Waals surface area contributed by atoms with E-state index in [1.165, 1.54) is 15.4 Å². The Morgan fingerprint density at radius 3 is 2.75 bits per heavy atom. The van der Waals surface area contributed by atoms with Crippen LogP contribution in [0.25, 0.3) is 0 Å². The maximum atomic E-state index is 4.49. The Balaban J connectivity index is 1.74. The lowest BCUT2D eigenvalue weighted by Gasteiger charge is -2.12. The highest BCUT2D eigenvalue weighted by Gasteiger charge is 2.07. The van der Waals surface area contributed by atoms with Crippen molar-refractivity contribution in [2.24, 2.45) is 0 Å². The molecule has 0 aromatic carbocycles. The summed E-state index contributed by atoms with van der Waals surface area (Å²) >= 11 is 1.92. The van der Waals surface area contributed by atoms with Crippen molar-refractivity contribution in [2.45, 2.75) is 53.1 Å². The van der Waals surface area contributed by atoms with E-state index < -0.39 is 0 Å². The maximum Gasteiger partial charge on any atom is 0.0596 e. The summed E-state index contributed by atoms with van der Waals surface area (Å²) in [6.07, 6.45) is 2.24. The average molecular weight is 291 g/mol. The summed E-state index contributed by atoms with van der Waals surface area (Å²) in [7, 11) is 0. The number of hydrogen-bond acceptors (Lipinski definition) is 3. The Morgan fingerprint density at radius 2 is 2.15 bits per heavy atom. The van der Waals surface area contributed by atoms with Crippen molar-refractivity contribution in [2.75, 3.05) is 6.54 Å². The zero-order chi connectivity index (χ0) is 14.5. The predicted molar refractivity (Wildman–Crippen MR) is 86.4 cm³/mol. The third-order valence-corrected chi connectivity index (χ3v) is 4.97. The molecule has 2 aromatic heterocycles. The minimum absolute atomic E-state index is 0.445. The second-order valence-electron chi connectivity index (χ2n) is 5.34. The Labute approximate surface area is 126 Å². The van der Waals surface area contributed by atoms with E-state index in [-0.39, 0.29) is 0 Å². The van der Waals surface area contributed by atoms with Gasteiger partial charge in [-0.1, -0.05) is 6.92 Å². The summed E-state index contributed by atoms with van der Waals surface area (Å²) in [6, 6.07) is 7.07. The molecule has 0 saturated carbocycles. The molecule has 110 valence electrons. The molecule has 0 saturated heterocycles. The van der Waals surface area contributed by atoms with Gasteiger partial charge in [-0.05, 0) is 58.4 Å². The molecule has 20 heavy (non-hydrogen) atoms. The summed E-state index contributed by atoms with van der Waals surface area (Å²) in [5.74, 6) is 0. The molecular weight excluding hydrogens is 266 g/mol. The van der Waals surface area contributed by atoms with Crippen molar-refractivity contribution in [3.05, 3.63) is 39.3 Å². The lowest BCUT2D eigenvalue weighted by molar-refractivity contribution is 0.503. The largest absolute Gasteiger partial charge is 0.309 e.